The lowest BCUT2D eigenvalue weighted by Gasteiger charge is -2.22. The van der Waals surface area contributed by atoms with Gasteiger partial charge in [0.1, 0.15) is 0 Å². The Kier molecular flexibility index (Phi) is 5.76. The zero-order chi connectivity index (χ0) is 16.0. The van der Waals surface area contributed by atoms with Crippen LogP contribution in [0, 0.1) is 0 Å². The number of carboxylic acids is 1. The Morgan fingerprint density at radius 2 is 1.76 bits per heavy atom. The van der Waals surface area contributed by atoms with Gasteiger partial charge < -0.3 is 15.3 Å². The van der Waals surface area contributed by atoms with E-state index in [2.05, 4.69) is 5.32 Å². The molecule has 0 atom stereocenters. The normalized spacial score (nSPS) is 11.0. The fraction of sp³-hybridized carbons (Fsp3) is 0.500. The molecular formula is C16H24N2O3. The molecule has 2 N–H and O–H groups in total. The van der Waals surface area contributed by atoms with Crippen LogP contribution in [0.3, 0.4) is 0 Å². The molecule has 0 aliphatic carbocycles. The molecule has 0 fully saturated rings. The number of benzene rings is 1. The molecule has 1 aromatic rings. The van der Waals surface area contributed by atoms with Crippen LogP contribution < -0.4 is 5.32 Å². The Balaban J connectivity index is 2.80. The average Bonchev–Trinajstić information content (AvgIpc) is 2.45. The van der Waals surface area contributed by atoms with Crippen LogP contribution in [0.25, 0.3) is 0 Å². The number of carbonyl (C=O) groups is 2. The van der Waals surface area contributed by atoms with E-state index in [4.69, 9.17) is 0 Å². The third-order valence-electron chi connectivity index (χ3n) is 3.55. The van der Waals surface area contributed by atoms with Gasteiger partial charge >= 0.3 is 12.0 Å². The number of anilines is 1. The maximum Gasteiger partial charge on any atom is 0.321 e. The quantitative estimate of drug-likeness (QED) is 0.845. The lowest BCUT2D eigenvalue weighted by atomic mass is 9.85. The fourth-order valence-corrected chi connectivity index (χ4v) is 1.97. The summed E-state index contributed by atoms with van der Waals surface area (Å²) in [7, 11) is 0. The van der Waals surface area contributed by atoms with E-state index in [-0.39, 0.29) is 6.03 Å². The Bertz CT molecular complexity index is 495. The molecule has 0 aliphatic rings. The first kappa shape index (κ1) is 17.0. The van der Waals surface area contributed by atoms with Crippen molar-refractivity contribution in [2.75, 3.05) is 18.4 Å². The highest BCUT2D eigenvalue weighted by Crippen LogP contribution is 2.24. The summed E-state index contributed by atoms with van der Waals surface area (Å²) in [6.45, 7) is 8.65. The summed E-state index contributed by atoms with van der Waals surface area (Å²) in [4.78, 5) is 25.0. The summed E-state index contributed by atoms with van der Waals surface area (Å²) in [5.41, 5.74) is 0.425. The number of carboxylic acid groups (broad SMARTS) is 1. The van der Waals surface area contributed by atoms with Crippen LogP contribution in [0.1, 0.15) is 39.7 Å². The van der Waals surface area contributed by atoms with E-state index in [0.717, 1.165) is 6.42 Å². The van der Waals surface area contributed by atoms with Crippen LogP contribution in [0.5, 0.6) is 0 Å². The van der Waals surface area contributed by atoms with E-state index in [9.17, 15) is 14.7 Å². The first-order valence-corrected chi connectivity index (χ1v) is 7.22. The zero-order valence-electron chi connectivity index (χ0n) is 13.1. The molecule has 0 bridgehead atoms. The van der Waals surface area contributed by atoms with Crippen molar-refractivity contribution in [3.8, 4) is 0 Å². The second-order valence-electron chi connectivity index (χ2n) is 5.52. The smallest absolute Gasteiger partial charge is 0.321 e. The van der Waals surface area contributed by atoms with Crippen molar-refractivity contribution in [1.82, 2.24) is 4.90 Å². The highest BCUT2D eigenvalue weighted by atomic mass is 16.4. The molecule has 1 aromatic carbocycles. The van der Waals surface area contributed by atoms with Gasteiger partial charge in [0.25, 0.3) is 0 Å². The minimum Gasteiger partial charge on any atom is -0.481 e. The third kappa shape index (κ3) is 4.21. The van der Waals surface area contributed by atoms with E-state index < -0.39 is 11.4 Å². The van der Waals surface area contributed by atoms with Gasteiger partial charge in [-0.1, -0.05) is 19.1 Å². The molecule has 116 valence electrons. The molecular weight excluding hydrogens is 268 g/mol. The summed E-state index contributed by atoms with van der Waals surface area (Å²) in [5.74, 6) is -0.876. The van der Waals surface area contributed by atoms with Crippen molar-refractivity contribution in [3.05, 3.63) is 29.8 Å². The molecule has 5 nitrogen and oxygen atoms in total. The van der Waals surface area contributed by atoms with Gasteiger partial charge in [-0.2, -0.15) is 0 Å². The lowest BCUT2D eigenvalue weighted by Crippen LogP contribution is -2.35. The first-order valence-electron chi connectivity index (χ1n) is 7.22. The van der Waals surface area contributed by atoms with Crippen molar-refractivity contribution in [1.29, 1.82) is 0 Å². The van der Waals surface area contributed by atoms with Crippen LogP contribution >= 0.6 is 0 Å². The second kappa shape index (κ2) is 7.11. The lowest BCUT2D eigenvalue weighted by molar-refractivity contribution is -0.142. The Morgan fingerprint density at radius 1 is 1.19 bits per heavy atom. The van der Waals surface area contributed by atoms with Gasteiger partial charge in [-0.3, -0.25) is 4.79 Å². The minimum atomic E-state index is -0.944. The molecule has 0 radical (unpaired) electrons. The number of carbonyl (C=O) groups excluding carboxylic acids is 1. The Hall–Kier alpha value is -2.04. The van der Waals surface area contributed by atoms with Crippen LogP contribution in [-0.4, -0.2) is 35.1 Å². The molecule has 2 amide bonds. The molecule has 0 saturated carbocycles. The first-order chi connectivity index (χ1) is 9.82. The topological polar surface area (TPSA) is 69.6 Å². The summed E-state index contributed by atoms with van der Waals surface area (Å²) in [5, 5.41) is 12.0. The third-order valence-corrected chi connectivity index (χ3v) is 3.55. The zero-order valence-corrected chi connectivity index (χ0v) is 13.1. The molecule has 21 heavy (non-hydrogen) atoms. The summed E-state index contributed by atoms with van der Waals surface area (Å²) in [6, 6.07) is 6.80. The predicted octanol–water partition coefficient (Wildman–Crippen LogP) is 3.31. The predicted molar refractivity (Wildman–Crippen MR) is 83.7 cm³/mol. The van der Waals surface area contributed by atoms with Gasteiger partial charge in [-0.25, -0.2) is 4.79 Å². The molecule has 0 spiro atoms. The molecule has 5 heteroatoms. The monoisotopic (exact) mass is 292 g/mol. The van der Waals surface area contributed by atoms with Gasteiger partial charge in [0.2, 0.25) is 0 Å². The molecule has 0 aliphatic heterocycles. The standard InChI is InChI=1S/C16H24N2O3/c1-5-11-18(6-2)15(21)17-13-9-7-12(8-10-13)16(3,4)14(19)20/h7-10H,5-6,11H2,1-4H3,(H,17,21)(H,19,20). The van der Waals surface area contributed by atoms with Crippen LogP contribution in [0.2, 0.25) is 0 Å². The number of urea groups is 1. The molecule has 0 unspecified atom stereocenters. The Labute approximate surface area is 126 Å². The number of hydrogen-bond donors (Lipinski definition) is 2. The van der Waals surface area contributed by atoms with Crippen LogP contribution in [0.4, 0.5) is 10.5 Å². The largest absolute Gasteiger partial charge is 0.481 e. The fourth-order valence-electron chi connectivity index (χ4n) is 1.97. The van der Waals surface area contributed by atoms with Gasteiger partial charge in [-0.15, -0.1) is 0 Å². The number of amides is 2. The van der Waals surface area contributed by atoms with Gasteiger partial charge in [-0.05, 0) is 44.9 Å². The summed E-state index contributed by atoms with van der Waals surface area (Å²) in [6.07, 6.45) is 0.910. The van der Waals surface area contributed by atoms with Gasteiger partial charge in [0.15, 0.2) is 0 Å². The number of rotatable bonds is 6. The maximum atomic E-state index is 12.0. The molecule has 0 heterocycles. The number of nitrogens with zero attached hydrogens (tertiary/aromatic N) is 1. The van der Waals surface area contributed by atoms with Gasteiger partial charge in [0, 0.05) is 18.8 Å². The average molecular weight is 292 g/mol. The SMILES string of the molecule is CCCN(CC)C(=O)Nc1ccc(C(C)(C)C(=O)O)cc1. The number of aliphatic carboxylic acids is 1. The molecule has 0 aromatic heterocycles. The van der Waals surface area contributed by atoms with Crippen molar-refractivity contribution >= 4 is 17.7 Å². The van der Waals surface area contributed by atoms with Gasteiger partial charge in [0.05, 0.1) is 5.41 Å². The summed E-state index contributed by atoms with van der Waals surface area (Å²) >= 11 is 0. The van der Waals surface area contributed by atoms with Crippen molar-refractivity contribution in [3.63, 3.8) is 0 Å². The van der Waals surface area contributed by atoms with Crippen LogP contribution in [0.15, 0.2) is 24.3 Å². The van der Waals surface area contributed by atoms with Crippen molar-refractivity contribution in [2.45, 2.75) is 39.5 Å². The van der Waals surface area contributed by atoms with E-state index in [0.29, 0.717) is 24.3 Å². The number of nitrogens with one attached hydrogen (secondary N) is 1. The minimum absolute atomic E-state index is 0.135. The number of hydrogen-bond acceptors (Lipinski definition) is 2. The highest BCUT2D eigenvalue weighted by molar-refractivity contribution is 5.89. The highest BCUT2D eigenvalue weighted by Gasteiger charge is 2.29. The summed E-state index contributed by atoms with van der Waals surface area (Å²) < 4.78 is 0. The van der Waals surface area contributed by atoms with Crippen LogP contribution in [-0.2, 0) is 10.2 Å². The van der Waals surface area contributed by atoms with E-state index in [1.165, 1.54) is 0 Å². The second-order valence-corrected chi connectivity index (χ2v) is 5.52. The molecule has 1 rings (SSSR count). The maximum absolute atomic E-state index is 12.0. The molecule has 0 saturated heterocycles. The van der Waals surface area contributed by atoms with Crippen molar-refractivity contribution < 1.29 is 14.7 Å². The van der Waals surface area contributed by atoms with Crippen molar-refractivity contribution in [2.24, 2.45) is 0 Å². The van der Waals surface area contributed by atoms with E-state index in [1.807, 2.05) is 13.8 Å². The van der Waals surface area contributed by atoms with E-state index in [1.54, 1.807) is 43.0 Å². The van der Waals surface area contributed by atoms with E-state index >= 15 is 0 Å². The Morgan fingerprint density at radius 3 is 2.19 bits per heavy atom.